The molecule has 2 heteroatoms. The zero-order valence-corrected chi connectivity index (χ0v) is 53.6. The van der Waals surface area contributed by atoms with Crippen LogP contribution in [-0.2, 0) is 22.8 Å². The summed E-state index contributed by atoms with van der Waals surface area (Å²) in [5, 5.41) is 0. The molecule has 0 fully saturated rings. The highest BCUT2D eigenvalue weighted by molar-refractivity contribution is 5.97. The summed E-state index contributed by atoms with van der Waals surface area (Å²) in [4.78, 5) is 5.14. The molecule has 0 aromatic heterocycles. The molecule has 8 atom stereocenters. The number of fused-ring (bicyclic) bond motifs is 16. The van der Waals surface area contributed by atoms with Gasteiger partial charge in [0.25, 0.3) is 0 Å². The lowest BCUT2D eigenvalue weighted by Crippen LogP contribution is -2.38. The number of anilines is 4. The molecule has 0 saturated heterocycles. The van der Waals surface area contributed by atoms with Crippen LogP contribution in [0, 0.1) is 24.7 Å². The van der Waals surface area contributed by atoms with Gasteiger partial charge in [-0.1, -0.05) is 310 Å². The maximum absolute atomic E-state index is 4.15. The van der Waals surface area contributed by atoms with E-state index in [4.69, 9.17) is 0 Å². The van der Waals surface area contributed by atoms with Crippen LogP contribution in [0.2, 0.25) is 0 Å². The molecule has 95 heavy (non-hydrogen) atoms. The van der Waals surface area contributed by atoms with E-state index in [1.54, 1.807) is 0 Å². The molecule has 1 spiro atoms. The molecule has 0 amide bonds. The molecular formula is C93H72N2. The quantitative estimate of drug-likeness (QED) is 0.120. The number of hydrogen-bond donors (Lipinski definition) is 0. The van der Waals surface area contributed by atoms with Crippen molar-refractivity contribution in [3.05, 3.63) is 436 Å². The van der Waals surface area contributed by atoms with Gasteiger partial charge in [0.1, 0.15) is 0 Å². The van der Waals surface area contributed by atoms with E-state index in [2.05, 4.69) is 370 Å². The van der Waals surface area contributed by atoms with Crippen LogP contribution in [0.1, 0.15) is 102 Å². The molecule has 12 aromatic carbocycles. The smallest absolute Gasteiger partial charge is 0.0727 e. The number of benzene rings is 12. The van der Waals surface area contributed by atoms with Crippen molar-refractivity contribution in [1.29, 1.82) is 0 Å². The van der Waals surface area contributed by atoms with Crippen LogP contribution in [0.4, 0.5) is 22.7 Å². The fraction of sp³-hybridized carbons (Fsp3) is 0.118. The second-order valence-electron chi connectivity index (χ2n) is 27.1. The monoisotopic (exact) mass is 1220 g/mol. The maximum atomic E-state index is 4.15. The van der Waals surface area contributed by atoms with Gasteiger partial charge in [-0.05, 0) is 174 Å². The molecule has 6 aliphatic rings. The first-order chi connectivity index (χ1) is 46.9. The lowest BCUT2D eigenvalue weighted by molar-refractivity contribution is 0.308. The minimum atomic E-state index is -0.650. The van der Waals surface area contributed by atoms with Crippen molar-refractivity contribution in [2.75, 3.05) is 9.80 Å². The number of allylic oxidation sites excluding steroid dienone is 7. The molecule has 0 saturated carbocycles. The van der Waals surface area contributed by atoms with Crippen molar-refractivity contribution >= 4 is 28.8 Å². The van der Waals surface area contributed by atoms with E-state index >= 15 is 0 Å². The average Bonchev–Trinajstić information content (AvgIpc) is 1.52. The fourth-order valence-electron chi connectivity index (χ4n) is 18.7. The van der Waals surface area contributed by atoms with Gasteiger partial charge in [-0.2, -0.15) is 0 Å². The van der Waals surface area contributed by atoms with Crippen molar-refractivity contribution in [3.63, 3.8) is 0 Å². The number of aryl methyl sites for hydroxylation is 1. The summed E-state index contributed by atoms with van der Waals surface area (Å²) in [5.74, 6) is 0.839. The van der Waals surface area contributed by atoms with Crippen LogP contribution in [-0.4, -0.2) is 0 Å². The highest BCUT2D eigenvalue weighted by Crippen LogP contribution is 2.66. The normalized spacial score (nSPS) is 22.5. The molecular weight excluding hydrogens is 1150 g/mol. The van der Waals surface area contributed by atoms with Gasteiger partial charge in [-0.15, -0.1) is 0 Å². The standard InChI is InChI=1S/C93H72N2/c1-4-64-43-47-69(48-44-64)92(67-29-13-7-14-30-67)84-38-22-20-36-78(84)82-56-52-73(57-63(3)90(82)92)95(70-31-15-8-16-32-70)74-51-55-81-77-35-19-24-40-86(77)93(89(81)60-74)85-39-23-18-34-76(85)80-54-50-72(59-88(80)93)94(61-65-25-9-5-10-26-65)71-49-53-79-75-33-17-21-37-83(75)91(87(79)58-71,66-27-11-6-12-28-66)68-45-41-62(2)42-46-68/h4-60,63,75,82-83,90H,1,61H2,2-3H3. The number of rotatable bonds is 12. The van der Waals surface area contributed by atoms with Crippen LogP contribution in [0.15, 0.2) is 352 Å². The predicted octanol–water partition coefficient (Wildman–Crippen LogP) is 22.5. The SMILES string of the molecule is C=Cc1ccc(C2(c3ccccc3)c3ccccc3C3C=CC(N(c4ccccc4)c4ccc5c(c4)C4(c6ccccc6-c6ccc(N(Cc7ccccc7)c7ccc8c(c7)C(c7ccccc7)(c7ccc(C)cc7)C7C=CC=CC87)cc64)c4ccccc4-5)=CC(C)C32)cc1. The summed E-state index contributed by atoms with van der Waals surface area (Å²) < 4.78 is 0. The minimum Gasteiger partial charge on any atom is -0.337 e. The van der Waals surface area contributed by atoms with Crippen molar-refractivity contribution in [3.8, 4) is 22.3 Å². The fourth-order valence-corrected chi connectivity index (χ4v) is 18.7. The maximum Gasteiger partial charge on any atom is 0.0727 e. The van der Waals surface area contributed by atoms with E-state index in [9.17, 15) is 0 Å². The van der Waals surface area contributed by atoms with E-state index in [1.807, 2.05) is 6.08 Å². The highest BCUT2D eigenvalue weighted by atomic mass is 15.2. The van der Waals surface area contributed by atoms with E-state index in [-0.39, 0.29) is 29.6 Å². The third-order valence-corrected chi connectivity index (χ3v) is 22.5. The number of para-hydroxylation sites is 1. The van der Waals surface area contributed by atoms with Crippen molar-refractivity contribution in [1.82, 2.24) is 0 Å². The summed E-state index contributed by atoms with van der Waals surface area (Å²) in [6, 6.07) is 113. The molecule has 0 heterocycles. The van der Waals surface area contributed by atoms with Gasteiger partial charge in [0, 0.05) is 58.2 Å². The van der Waals surface area contributed by atoms with Crippen LogP contribution in [0.3, 0.4) is 0 Å². The Morgan fingerprint density at radius 3 is 1.56 bits per heavy atom. The number of hydrogen-bond acceptors (Lipinski definition) is 2. The molecule has 0 aliphatic heterocycles. The van der Waals surface area contributed by atoms with E-state index < -0.39 is 16.2 Å². The van der Waals surface area contributed by atoms with E-state index in [0.717, 1.165) is 28.3 Å². The molecule has 12 aromatic rings. The Hall–Kier alpha value is -11.1. The first-order valence-electron chi connectivity index (χ1n) is 33.9. The second kappa shape index (κ2) is 22.3. The average molecular weight is 1220 g/mol. The third kappa shape index (κ3) is 8.36. The minimum absolute atomic E-state index is 0.125. The zero-order valence-electron chi connectivity index (χ0n) is 53.6. The summed E-state index contributed by atoms with van der Waals surface area (Å²) in [6.07, 6.45) is 19.0. The Balaban J connectivity index is 0.823. The Morgan fingerprint density at radius 1 is 0.400 bits per heavy atom. The Bertz CT molecular complexity index is 5100. The van der Waals surface area contributed by atoms with Crippen molar-refractivity contribution in [2.45, 2.75) is 48.5 Å². The van der Waals surface area contributed by atoms with Gasteiger partial charge in [0.15, 0.2) is 0 Å². The van der Waals surface area contributed by atoms with Crippen molar-refractivity contribution in [2.24, 2.45) is 17.8 Å². The van der Waals surface area contributed by atoms with E-state index in [0.29, 0.717) is 6.54 Å². The van der Waals surface area contributed by atoms with Gasteiger partial charge < -0.3 is 9.80 Å². The van der Waals surface area contributed by atoms with E-state index in [1.165, 1.54) is 106 Å². The summed E-state index contributed by atoms with van der Waals surface area (Å²) in [7, 11) is 0. The predicted molar refractivity (Wildman–Crippen MR) is 394 cm³/mol. The molecule has 2 nitrogen and oxygen atoms in total. The Morgan fingerprint density at radius 2 is 0.895 bits per heavy atom. The Kier molecular flexibility index (Phi) is 13.3. The molecule has 0 bridgehead atoms. The first kappa shape index (κ1) is 56.7. The van der Waals surface area contributed by atoms with Crippen LogP contribution in [0.25, 0.3) is 28.3 Å². The van der Waals surface area contributed by atoms with Gasteiger partial charge in [0.2, 0.25) is 0 Å². The zero-order chi connectivity index (χ0) is 63.4. The lowest BCUT2D eigenvalue weighted by atomic mass is 9.60. The van der Waals surface area contributed by atoms with Crippen molar-refractivity contribution < 1.29 is 0 Å². The van der Waals surface area contributed by atoms with Gasteiger partial charge in [-0.25, -0.2) is 0 Å². The Labute approximate surface area is 559 Å². The van der Waals surface area contributed by atoms with Gasteiger partial charge in [0.05, 0.1) is 10.8 Å². The van der Waals surface area contributed by atoms with Crippen LogP contribution < -0.4 is 9.80 Å². The van der Waals surface area contributed by atoms with Gasteiger partial charge in [-0.3, -0.25) is 0 Å². The number of nitrogens with zero attached hydrogens (tertiary/aromatic N) is 2. The molecule has 0 radical (unpaired) electrons. The highest BCUT2D eigenvalue weighted by Gasteiger charge is 2.57. The summed E-state index contributed by atoms with van der Waals surface area (Å²) in [6.45, 7) is 9.50. The summed E-state index contributed by atoms with van der Waals surface area (Å²) >= 11 is 0. The largest absolute Gasteiger partial charge is 0.337 e. The third-order valence-electron chi connectivity index (χ3n) is 22.5. The second-order valence-corrected chi connectivity index (χ2v) is 27.1. The lowest BCUT2D eigenvalue weighted by Gasteiger charge is -2.42. The topological polar surface area (TPSA) is 6.48 Å². The molecule has 18 rings (SSSR count). The summed E-state index contributed by atoms with van der Waals surface area (Å²) in [5.41, 5.74) is 29.0. The molecule has 454 valence electrons. The molecule has 8 unspecified atom stereocenters. The molecule has 0 N–H and O–H groups in total. The molecule has 6 aliphatic carbocycles. The first-order valence-corrected chi connectivity index (χ1v) is 33.9. The van der Waals surface area contributed by atoms with Gasteiger partial charge >= 0.3 is 0 Å². The van der Waals surface area contributed by atoms with Crippen LogP contribution >= 0.6 is 0 Å². The van der Waals surface area contributed by atoms with Crippen LogP contribution in [0.5, 0.6) is 0 Å².